The molecule has 1 aromatic carbocycles. The normalized spacial score (nSPS) is 21.2. The monoisotopic (exact) mass is 394 g/mol. The molecule has 3 aromatic rings. The average molecular weight is 395 g/mol. The number of esters is 1. The number of hydrogen-bond acceptors (Lipinski definition) is 4. The lowest BCUT2D eigenvalue weighted by molar-refractivity contribution is -0.141. The van der Waals surface area contributed by atoms with Gasteiger partial charge in [0.2, 0.25) is 0 Å². The average Bonchev–Trinajstić information content (AvgIpc) is 3.19. The predicted molar refractivity (Wildman–Crippen MR) is 107 cm³/mol. The van der Waals surface area contributed by atoms with E-state index in [2.05, 4.69) is 17.2 Å². The zero-order chi connectivity index (χ0) is 18.4. The molecule has 0 amide bonds. The van der Waals surface area contributed by atoms with E-state index in [0.29, 0.717) is 11.3 Å². The molecule has 2 atom stereocenters. The van der Waals surface area contributed by atoms with Gasteiger partial charge in [0, 0.05) is 34.6 Å². The van der Waals surface area contributed by atoms with Crippen molar-refractivity contribution in [1.82, 2.24) is 9.38 Å². The van der Waals surface area contributed by atoms with Crippen LogP contribution < -0.4 is 0 Å². The number of carbonyl (C=O) groups is 1. The lowest BCUT2D eigenvalue weighted by Crippen LogP contribution is -2.29. The smallest absolute Gasteiger partial charge is 0.340 e. The molecule has 0 radical (unpaired) electrons. The summed E-state index contributed by atoms with van der Waals surface area (Å²) in [6.07, 6.45) is 14.3. The fourth-order valence-electron chi connectivity index (χ4n) is 3.41. The van der Waals surface area contributed by atoms with Gasteiger partial charge in [-0.3, -0.25) is 4.40 Å². The third-order valence-corrected chi connectivity index (χ3v) is 5.93. The van der Waals surface area contributed by atoms with Crippen LogP contribution in [0.4, 0.5) is 0 Å². The molecule has 0 fully saturated rings. The van der Waals surface area contributed by atoms with Crippen molar-refractivity contribution in [3.8, 4) is 0 Å². The van der Waals surface area contributed by atoms with Crippen LogP contribution in [-0.2, 0) is 16.0 Å². The highest BCUT2D eigenvalue weighted by molar-refractivity contribution is 7.17. The van der Waals surface area contributed by atoms with E-state index in [9.17, 15) is 4.79 Å². The number of halogens is 1. The standard InChI is InChI=1S/C21H15ClN2O2S/c22-15-6-3-4-13(8-15)9-16-11-24-12-18(23-21(24)27-16)17-10-14-5-1-2-7-19(14)26-20(17)25/h1-8,10-12,14,19H,9H2/t14-,19-/m1/s1. The maximum Gasteiger partial charge on any atom is 0.340 e. The number of imidazole rings is 1. The van der Waals surface area contributed by atoms with Crippen molar-refractivity contribution in [2.24, 2.45) is 5.92 Å². The number of thiazole rings is 1. The lowest BCUT2D eigenvalue weighted by atomic mass is 9.92. The molecular formula is C21H15ClN2O2S. The third-order valence-electron chi connectivity index (χ3n) is 4.69. The first-order valence-electron chi connectivity index (χ1n) is 8.66. The van der Waals surface area contributed by atoms with E-state index in [0.717, 1.165) is 22.0 Å². The van der Waals surface area contributed by atoms with Crippen molar-refractivity contribution >= 4 is 39.4 Å². The quantitative estimate of drug-likeness (QED) is 0.605. The van der Waals surface area contributed by atoms with Crippen molar-refractivity contribution in [2.45, 2.75) is 12.5 Å². The first kappa shape index (κ1) is 16.5. The minimum atomic E-state index is -0.318. The SMILES string of the molecule is O=C1O[C@@H]2C=CC=C[C@@H]2C=C1c1cn2cc(Cc3cccc(Cl)c3)sc2n1. The number of ether oxygens (including phenoxy) is 1. The molecule has 134 valence electrons. The maximum absolute atomic E-state index is 12.4. The molecule has 0 spiro atoms. The number of benzene rings is 1. The molecule has 0 unspecified atom stereocenters. The molecule has 0 N–H and O–H groups in total. The van der Waals surface area contributed by atoms with Gasteiger partial charge in [0.15, 0.2) is 4.96 Å². The molecule has 0 saturated carbocycles. The Balaban J connectivity index is 1.43. The van der Waals surface area contributed by atoms with Crippen LogP contribution in [-0.4, -0.2) is 21.5 Å². The van der Waals surface area contributed by atoms with Gasteiger partial charge >= 0.3 is 5.97 Å². The van der Waals surface area contributed by atoms with Gasteiger partial charge in [0.25, 0.3) is 0 Å². The molecular weight excluding hydrogens is 380 g/mol. The minimum absolute atomic E-state index is 0.0702. The van der Waals surface area contributed by atoms with Crippen LogP contribution in [0, 0.1) is 5.92 Å². The Morgan fingerprint density at radius 1 is 1.22 bits per heavy atom. The summed E-state index contributed by atoms with van der Waals surface area (Å²) in [5.74, 6) is -0.248. The van der Waals surface area contributed by atoms with Gasteiger partial charge < -0.3 is 4.74 Å². The molecule has 4 nitrogen and oxygen atoms in total. The van der Waals surface area contributed by atoms with Crippen molar-refractivity contribution in [3.05, 3.63) is 88.2 Å². The molecule has 5 rings (SSSR count). The number of nitrogens with zero attached hydrogens (tertiary/aromatic N) is 2. The Bertz CT molecular complexity index is 1110. The van der Waals surface area contributed by atoms with E-state index < -0.39 is 0 Å². The maximum atomic E-state index is 12.4. The Labute approximate surface area is 165 Å². The molecule has 6 heteroatoms. The number of fused-ring (bicyclic) bond motifs is 2. The number of rotatable bonds is 3. The van der Waals surface area contributed by atoms with E-state index >= 15 is 0 Å². The summed E-state index contributed by atoms with van der Waals surface area (Å²) in [5, 5.41) is 0.740. The number of carbonyl (C=O) groups excluding carboxylic acids is 1. The lowest BCUT2D eigenvalue weighted by Gasteiger charge is -2.26. The molecule has 27 heavy (non-hydrogen) atoms. The summed E-state index contributed by atoms with van der Waals surface area (Å²) < 4.78 is 7.51. The van der Waals surface area contributed by atoms with E-state index in [1.807, 2.05) is 59.2 Å². The number of hydrogen-bond donors (Lipinski definition) is 0. The molecule has 3 heterocycles. The molecule has 2 aromatic heterocycles. The zero-order valence-electron chi connectivity index (χ0n) is 14.2. The molecule has 0 bridgehead atoms. The van der Waals surface area contributed by atoms with Crippen LogP contribution in [0.5, 0.6) is 0 Å². The summed E-state index contributed by atoms with van der Waals surface area (Å²) in [6, 6.07) is 7.86. The highest BCUT2D eigenvalue weighted by Crippen LogP contribution is 2.31. The van der Waals surface area contributed by atoms with E-state index in [-0.39, 0.29) is 18.0 Å². The van der Waals surface area contributed by atoms with Crippen LogP contribution >= 0.6 is 22.9 Å². The Kier molecular flexibility index (Phi) is 3.99. The first-order valence-corrected chi connectivity index (χ1v) is 9.85. The third kappa shape index (κ3) is 3.13. The Morgan fingerprint density at radius 2 is 2.11 bits per heavy atom. The van der Waals surface area contributed by atoms with Crippen LogP contribution in [0.3, 0.4) is 0 Å². The summed E-state index contributed by atoms with van der Waals surface area (Å²) in [5.41, 5.74) is 2.35. The topological polar surface area (TPSA) is 43.6 Å². The van der Waals surface area contributed by atoms with Crippen LogP contribution in [0.1, 0.15) is 16.1 Å². The van der Waals surface area contributed by atoms with Gasteiger partial charge in [0.05, 0.1) is 11.3 Å². The van der Waals surface area contributed by atoms with E-state index in [4.69, 9.17) is 16.3 Å². The van der Waals surface area contributed by atoms with Crippen molar-refractivity contribution in [3.63, 3.8) is 0 Å². The van der Waals surface area contributed by atoms with Crippen LogP contribution in [0.2, 0.25) is 5.02 Å². The largest absolute Gasteiger partial charge is 0.454 e. The Morgan fingerprint density at radius 3 is 2.96 bits per heavy atom. The molecule has 0 saturated heterocycles. The summed E-state index contributed by atoms with van der Waals surface area (Å²) in [6.45, 7) is 0. The van der Waals surface area contributed by atoms with E-state index in [1.165, 1.54) is 4.88 Å². The zero-order valence-corrected chi connectivity index (χ0v) is 15.8. The molecule has 1 aliphatic carbocycles. The fourth-order valence-corrected chi connectivity index (χ4v) is 4.62. The van der Waals surface area contributed by atoms with Gasteiger partial charge in [0.1, 0.15) is 6.10 Å². The second-order valence-corrected chi connectivity index (χ2v) is 8.15. The van der Waals surface area contributed by atoms with Gasteiger partial charge in [-0.15, -0.1) is 11.3 Å². The second kappa shape index (κ2) is 6.51. The first-order chi connectivity index (χ1) is 13.2. The number of aromatic nitrogens is 2. The van der Waals surface area contributed by atoms with Gasteiger partial charge in [-0.05, 0) is 23.8 Å². The van der Waals surface area contributed by atoms with Crippen LogP contribution in [0.25, 0.3) is 10.5 Å². The minimum Gasteiger partial charge on any atom is -0.454 e. The second-order valence-electron chi connectivity index (χ2n) is 6.62. The van der Waals surface area contributed by atoms with E-state index in [1.54, 1.807) is 11.3 Å². The fraction of sp³-hybridized carbons (Fsp3) is 0.143. The summed E-state index contributed by atoms with van der Waals surface area (Å²) in [7, 11) is 0. The highest BCUT2D eigenvalue weighted by Gasteiger charge is 2.31. The highest BCUT2D eigenvalue weighted by atomic mass is 35.5. The molecule has 1 aliphatic heterocycles. The predicted octanol–water partition coefficient (Wildman–Crippen LogP) is 4.69. The van der Waals surface area contributed by atoms with Crippen molar-refractivity contribution in [1.29, 1.82) is 0 Å². The Hall–Kier alpha value is -2.63. The van der Waals surface area contributed by atoms with Crippen molar-refractivity contribution < 1.29 is 9.53 Å². The summed E-state index contributed by atoms with van der Waals surface area (Å²) in [4.78, 5) is 19.1. The molecule has 2 aliphatic rings. The van der Waals surface area contributed by atoms with Gasteiger partial charge in [-0.25, -0.2) is 9.78 Å². The van der Waals surface area contributed by atoms with Crippen LogP contribution in [0.15, 0.2) is 67.0 Å². The van der Waals surface area contributed by atoms with Gasteiger partial charge in [-0.2, -0.15) is 0 Å². The summed E-state index contributed by atoms with van der Waals surface area (Å²) >= 11 is 7.68. The van der Waals surface area contributed by atoms with Crippen molar-refractivity contribution in [2.75, 3.05) is 0 Å². The number of allylic oxidation sites excluding steroid dienone is 2. The van der Waals surface area contributed by atoms with Gasteiger partial charge in [-0.1, -0.05) is 48.0 Å².